The number of hydrogen-bond donors (Lipinski definition) is 2. The molecule has 2 aromatic rings. The quantitative estimate of drug-likeness (QED) is 0.624. The number of nitrogens with two attached hydrogens (primary N) is 1. The average Bonchev–Trinajstić information content (AvgIpc) is 2.77. The van der Waals surface area contributed by atoms with Crippen LogP contribution in [0.1, 0.15) is 29.4 Å². The van der Waals surface area contributed by atoms with E-state index in [1.54, 1.807) is 31.2 Å². The zero-order valence-electron chi connectivity index (χ0n) is 18.4. The van der Waals surface area contributed by atoms with Gasteiger partial charge in [0.15, 0.2) is 0 Å². The maximum atomic E-state index is 13.1. The van der Waals surface area contributed by atoms with Crippen LogP contribution in [0.2, 0.25) is 0 Å². The third-order valence-electron chi connectivity index (χ3n) is 5.44. The molecule has 3 amide bonds. The Labute approximate surface area is 190 Å². The van der Waals surface area contributed by atoms with Crippen LogP contribution in [0.4, 0.5) is 4.79 Å². The number of carboxylic acid groups (broad SMARTS) is 1. The first kappa shape index (κ1) is 23.8. The fourth-order valence-electron chi connectivity index (χ4n) is 3.98. The standard InChI is InChI=1S/C22H26N4O7/c1-3-33-22(31)26-9-8-25(12-13(26)10-18(28)29)17(27)11-16-19(21(23)30)20(32-2)14-6-4-5-7-15(14)24-16/h4-7,13H,3,8-12H2,1-2H3,(H2,23,30)(H,28,29). The van der Waals surface area contributed by atoms with Gasteiger partial charge in [-0.2, -0.15) is 0 Å². The molecule has 2 heterocycles. The van der Waals surface area contributed by atoms with E-state index in [1.165, 1.54) is 16.9 Å². The van der Waals surface area contributed by atoms with Crippen molar-refractivity contribution in [3.05, 3.63) is 35.5 Å². The maximum absolute atomic E-state index is 13.1. The summed E-state index contributed by atoms with van der Waals surface area (Å²) in [5.41, 5.74) is 6.32. The predicted octanol–water partition coefficient (Wildman–Crippen LogP) is 1.03. The van der Waals surface area contributed by atoms with Crippen LogP contribution in [0.3, 0.4) is 0 Å². The first-order valence-corrected chi connectivity index (χ1v) is 10.4. The van der Waals surface area contributed by atoms with Gasteiger partial charge >= 0.3 is 12.1 Å². The van der Waals surface area contributed by atoms with Crippen LogP contribution < -0.4 is 10.5 Å². The number of carbonyl (C=O) groups excluding carboxylic acids is 3. The van der Waals surface area contributed by atoms with Crippen molar-refractivity contribution >= 4 is 34.8 Å². The molecule has 11 nitrogen and oxygen atoms in total. The lowest BCUT2D eigenvalue weighted by Crippen LogP contribution is -2.57. The van der Waals surface area contributed by atoms with Crippen LogP contribution >= 0.6 is 0 Å². The van der Waals surface area contributed by atoms with Crippen LogP contribution in [0.25, 0.3) is 10.9 Å². The summed E-state index contributed by atoms with van der Waals surface area (Å²) in [6.45, 7) is 2.14. The minimum atomic E-state index is -1.10. The second kappa shape index (κ2) is 10.2. The smallest absolute Gasteiger partial charge is 0.410 e. The van der Waals surface area contributed by atoms with Crippen molar-refractivity contribution < 1.29 is 33.8 Å². The van der Waals surface area contributed by atoms with Gasteiger partial charge in [-0.3, -0.25) is 19.4 Å². The lowest BCUT2D eigenvalue weighted by atomic mass is 10.0. The predicted molar refractivity (Wildman–Crippen MR) is 117 cm³/mol. The van der Waals surface area contributed by atoms with Crippen molar-refractivity contribution in [1.82, 2.24) is 14.8 Å². The summed E-state index contributed by atoms with van der Waals surface area (Å²) < 4.78 is 10.4. The molecule has 11 heteroatoms. The number of methoxy groups -OCH3 is 1. The molecule has 1 aliphatic heterocycles. The average molecular weight is 458 g/mol. The lowest BCUT2D eigenvalue weighted by Gasteiger charge is -2.40. The molecule has 1 saturated heterocycles. The van der Waals surface area contributed by atoms with E-state index >= 15 is 0 Å². The molecule has 176 valence electrons. The van der Waals surface area contributed by atoms with E-state index in [-0.39, 0.29) is 62.0 Å². The highest BCUT2D eigenvalue weighted by Gasteiger charge is 2.35. The van der Waals surface area contributed by atoms with Gasteiger partial charge in [0, 0.05) is 25.0 Å². The van der Waals surface area contributed by atoms with Crippen molar-refractivity contribution in [3.63, 3.8) is 0 Å². The number of carboxylic acids is 1. The number of piperazine rings is 1. The molecule has 1 fully saturated rings. The van der Waals surface area contributed by atoms with Gasteiger partial charge in [-0.15, -0.1) is 0 Å². The lowest BCUT2D eigenvalue weighted by molar-refractivity contribution is -0.141. The Bertz CT molecular complexity index is 1090. The Morgan fingerprint density at radius 1 is 1.21 bits per heavy atom. The second-order valence-electron chi connectivity index (χ2n) is 7.51. The topological polar surface area (TPSA) is 152 Å². The third-order valence-corrected chi connectivity index (χ3v) is 5.44. The molecule has 1 aromatic heterocycles. The number of benzene rings is 1. The third kappa shape index (κ3) is 5.13. The van der Waals surface area contributed by atoms with Crippen molar-refractivity contribution in [2.75, 3.05) is 33.4 Å². The number of carbonyl (C=O) groups is 4. The van der Waals surface area contributed by atoms with Gasteiger partial charge in [0.2, 0.25) is 5.91 Å². The maximum Gasteiger partial charge on any atom is 0.410 e. The molecule has 1 aliphatic rings. The highest BCUT2D eigenvalue weighted by atomic mass is 16.6. The summed E-state index contributed by atoms with van der Waals surface area (Å²) in [5.74, 6) is -2.00. The summed E-state index contributed by atoms with van der Waals surface area (Å²) >= 11 is 0. The van der Waals surface area contributed by atoms with Crippen LogP contribution in [0, 0.1) is 0 Å². The molecule has 1 aromatic carbocycles. The van der Waals surface area contributed by atoms with E-state index < -0.39 is 24.0 Å². The number of amides is 3. The number of aromatic nitrogens is 1. The van der Waals surface area contributed by atoms with Gasteiger partial charge < -0.3 is 30.1 Å². The van der Waals surface area contributed by atoms with E-state index in [1.807, 2.05) is 0 Å². The molecular formula is C22H26N4O7. The Morgan fingerprint density at radius 2 is 1.94 bits per heavy atom. The fraction of sp³-hybridized carbons (Fsp3) is 0.409. The highest BCUT2D eigenvalue weighted by molar-refractivity contribution is 6.03. The Morgan fingerprint density at radius 3 is 2.58 bits per heavy atom. The minimum Gasteiger partial charge on any atom is -0.495 e. The molecule has 0 bridgehead atoms. The van der Waals surface area contributed by atoms with Gasteiger partial charge in [-0.1, -0.05) is 12.1 Å². The number of ether oxygens (including phenoxy) is 2. The summed E-state index contributed by atoms with van der Waals surface area (Å²) in [6.07, 6.45) is -1.19. The monoisotopic (exact) mass is 458 g/mol. The van der Waals surface area contributed by atoms with Gasteiger partial charge in [-0.05, 0) is 19.1 Å². The number of para-hydroxylation sites is 1. The van der Waals surface area contributed by atoms with E-state index in [9.17, 15) is 24.3 Å². The molecule has 33 heavy (non-hydrogen) atoms. The number of fused-ring (bicyclic) bond motifs is 1. The number of nitrogens with zero attached hydrogens (tertiary/aromatic N) is 3. The Kier molecular flexibility index (Phi) is 7.31. The molecule has 0 radical (unpaired) electrons. The largest absolute Gasteiger partial charge is 0.495 e. The zero-order chi connectivity index (χ0) is 24.1. The summed E-state index contributed by atoms with van der Waals surface area (Å²) in [4.78, 5) is 56.1. The van der Waals surface area contributed by atoms with E-state index in [0.717, 1.165) is 0 Å². The SMILES string of the molecule is CCOC(=O)N1CCN(C(=O)Cc2nc3ccccc3c(OC)c2C(N)=O)CC1CC(=O)O. The van der Waals surface area contributed by atoms with E-state index in [2.05, 4.69) is 4.98 Å². The second-order valence-corrected chi connectivity index (χ2v) is 7.51. The summed E-state index contributed by atoms with van der Waals surface area (Å²) in [5, 5.41) is 9.85. The van der Waals surface area contributed by atoms with Crippen LogP contribution in [0.15, 0.2) is 24.3 Å². The van der Waals surface area contributed by atoms with Gasteiger partial charge in [0.05, 0.1) is 43.8 Å². The molecule has 3 N–H and O–H groups in total. The number of pyridine rings is 1. The molecule has 3 rings (SSSR count). The summed E-state index contributed by atoms with van der Waals surface area (Å²) in [7, 11) is 1.41. The molecule has 1 unspecified atom stereocenters. The van der Waals surface area contributed by atoms with Crippen LogP contribution in [-0.2, 0) is 20.7 Å². The van der Waals surface area contributed by atoms with Crippen LogP contribution in [0.5, 0.6) is 5.75 Å². The highest BCUT2D eigenvalue weighted by Crippen LogP contribution is 2.31. The van der Waals surface area contributed by atoms with Gasteiger partial charge in [0.1, 0.15) is 11.3 Å². The zero-order valence-corrected chi connectivity index (χ0v) is 18.4. The van der Waals surface area contributed by atoms with Crippen molar-refractivity contribution in [1.29, 1.82) is 0 Å². The normalized spacial score (nSPS) is 15.9. The van der Waals surface area contributed by atoms with Gasteiger partial charge in [-0.25, -0.2) is 4.79 Å². The molecule has 0 saturated carbocycles. The summed E-state index contributed by atoms with van der Waals surface area (Å²) in [6, 6.07) is 6.28. The number of rotatable bonds is 7. The molecule has 1 atom stereocenters. The van der Waals surface area contributed by atoms with Crippen LogP contribution in [-0.4, -0.2) is 83.2 Å². The van der Waals surface area contributed by atoms with E-state index in [0.29, 0.717) is 10.9 Å². The van der Waals surface area contributed by atoms with Crippen molar-refractivity contribution in [3.8, 4) is 5.75 Å². The number of aliphatic carboxylic acids is 1. The number of hydrogen-bond acceptors (Lipinski definition) is 7. The number of primary amides is 1. The van der Waals surface area contributed by atoms with E-state index in [4.69, 9.17) is 15.2 Å². The molecule has 0 aliphatic carbocycles. The molecular weight excluding hydrogens is 432 g/mol. The first-order valence-electron chi connectivity index (χ1n) is 10.4. The fourth-order valence-corrected chi connectivity index (χ4v) is 3.98. The van der Waals surface area contributed by atoms with Gasteiger partial charge in [0.25, 0.3) is 5.91 Å². The first-order chi connectivity index (χ1) is 15.8. The van der Waals surface area contributed by atoms with Crippen molar-refractivity contribution in [2.24, 2.45) is 5.73 Å². The minimum absolute atomic E-state index is 0.0145. The molecule has 0 spiro atoms. The Hall–Kier alpha value is -3.89. The Balaban J connectivity index is 1.88. The van der Waals surface area contributed by atoms with Crippen molar-refractivity contribution in [2.45, 2.75) is 25.8 Å².